The minimum Gasteiger partial charge on any atom is -0.481 e. The summed E-state index contributed by atoms with van der Waals surface area (Å²) < 4.78 is 0. The van der Waals surface area contributed by atoms with Crippen LogP contribution < -0.4 is 5.32 Å². The van der Waals surface area contributed by atoms with Gasteiger partial charge in [0.05, 0.1) is 0 Å². The molecule has 0 aromatic carbocycles. The Kier molecular flexibility index (Phi) is 4.95. The van der Waals surface area contributed by atoms with Crippen molar-refractivity contribution in [2.24, 2.45) is 0 Å². The first-order chi connectivity index (χ1) is 7.80. The molecule has 1 aliphatic rings. The van der Waals surface area contributed by atoms with Gasteiger partial charge in [0.15, 0.2) is 0 Å². The van der Waals surface area contributed by atoms with Crippen molar-refractivity contribution in [2.45, 2.75) is 64.6 Å². The first-order valence-corrected chi connectivity index (χ1v) is 6.52. The van der Waals surface area contributed by atoms with E-state index in [0.717, 1.165) is 19.5 Å². The number of carboxylic acids is 1. The van der Waals surface area contributed by atoms with Crippen LogP contribution in [0.1, 0.15) is 47.0 Å². The van der Waals surface area contributed by atoms with Gasteiger partial charge in [0, 0.05) is 30.6 Å². The lowest BCUT2D eigenvalue weighted by Gasteiger charge is -2.40. The standard InChI is InChI=1S/C13H26N2O2/c1-10-7-8-14-11(5-6-12(16)17)9-15(10)13(2,3)4/h10-11,14H,5-9H2,1-4H3,(H,16,17). The lowest BCUT2D eigenvalue weighted by atomic mass is 10.0. The van der Waals surface area contributed by atoms with Crippen LogP contribution in [0.2, 0.25) is 0 Å². The van der Waals surface area contributed by atoms with Crippen LogP contribution in [0.15, 0.2) is 0 Å². The molecule has 0 bridgehead atoms. The summed E-state index contributed by atoms with van der Waals surface area (Å²) in [5.41, 5.74) is 0.146. The summed E-state index contributed by atoms with van der Waals surface area (Å²) >= 11 is 0. The van der Waals surface area contributed by atoms with Gasteiger partial charge in [0.1, 0.15) is 0 Å². The van der Waals surface area contributed by atoms with Crippen molar-refractivity contribution in [1.29, 1.82) is 0 Å². The molecule has 4 heteroatoms. The Morgan fingerprint density at radius 1 is 1.47 bits per heavy atom. The Balaban J connectivity index is 2.61. The van der Waals surface area contributed by atoms with Gasteiger partial charge < -0.3 is 10.4 Å². The van der Waals surface area contributed by atoms with Gasteiger partial charge in [-0.2, -0.15) is 0 Å². The smallest absolute Gasteiger partial charge is 0.303 e. The van der Waals surface area contributed by atoms with Crippen LogP contribution in [0, 0.1) is 0 Å². The third-order valence-corrected chi connectivity index (χ3v) is 3.51. The fourth-order valence-electron chi connectivity index (χ4n) is 2.56. The summed E-state index contributed by atoms with van der Waals surface area (Å²) in [7, 11) is 0. The van der Waals surface area contributed by atoms with E-state index < -0.39 is 5.97 Å². The Bertz CT molecular complexity index is 261. The topological polar surface area (TPSA) is 52.6 Å². The van der Waals surface area contributed by atoms with Crippen LogP contribution in [0.4, 0.5) is 0 Å². The summed E-state index contributed by atoms with van der Waals surface area (Å²) in [6, 6.07) is 0.854. The monoisotopic (exact) mass is 242 g/mol. The molecule has 1 fully saturated rings. The zero-order chi connectivity index (χ0) is 13.1. The molecule has 0 aromatic rings. The van der Waals surface area contributed by atoms with E-state index in [0.29, 0.717) is 18.5 Å². The minimum absolute atomic E-state index is 0.146. The van der Waals surface area contributed by atoms with Crippen molar-refractivity contribution < 1.29 is 9.90 Å². The fourth-order valence-corrected chi connectivity index (χ4v) is 2.56. The highest BCUT2D eigenvalue weighted by molar-refractivity contribution is 5.66. The summed E-state index contributed by atoms with van der Waals surface area (Å²) in [6.07, 6.45) is 2.10. The van der Waals surface area contributed by atoms with Gasteiger partial charge in [-0.05, 0) is 47.1 Å². The third kappa shape index (κ3) is 4.64. The predicted octanol–water partition coefficient (Wildman–Crippen LogP) is 1.70. The molecule has 17 heavy (non-hydrogen) atoms. The molecule has 1 rings (SSSR count). The number of carboxylic acid groups (broad SMARTS) is 1. The Hall–Kier alpha value is -0.610. The summed E-state index contributed by atoms with van der Waals surface area (Å²) in [5, 5.41) is 12.2. The van der Waals surface area contributed by atoms with Gasteiger partial charge in [-0.15, -0.1) is 0 Å². The van der Waals surface area contributed by atoms with E-state index in [1.807, 2.05) is 0 Å². The van der Waals surface area contributed by atoms with Crippen molar-refractivity contribution in [3.8, 4) is 0 Å². The van der Waals surface area contributed by atoms with Crippen molar-refractivity contribution in [3.05, 3.63) is 0 Å². The van der Waals surface area contributed by atoms with Gasteiger partial charge in [0.25, 0.3) is 0 Å². The zero-order valence-corrected chi connectivity index (χ0v) is 11.5. The quantitative estimate of drug-likeness (QED) is 0.791. The molecule has 4 nitrogen and oxygen atoms in total. The van der Waals surface area contributed by atoms with Gasteiger partial charge in [0.2, 0.25) is 0 Å². The van der Waals surface area contributed by atoms with Crippen LogP contribution in [-0.4, -0.2) is 46.7 Å². The number of carbonyl (C=O) groups is 1. The van der Waals surface area contributed by atoms with E-state index in [1.54, 1.807) is 0 Å². The highest BCUT2D eigenvalue weighted by Gasteiger charge is 2.30. The van der Waals surface area contributed by atoms with E-state index in [-0.39, 0.29) is 12.0 Å². The molecule has 1 saturated heterocycles. The number of nitrogens with one attached hydrogen (secondary N) is 1. The van der Waals surface area contributed by atoms with Crippen molar-refractivity contribution >= 4 is 5.97 Å². The van der Waals surface area contributed by atoms with Crippen molar-refractivity contribution in [1.82, 2.24) is 10.2 Å². The molecule has 0 amide bonds. The van der Waals surface area contributed by atoms with Gasteiger partial charge in [-0.1, -0.05) is 0 Å². The fraction of sp³-hybridized carbons (Fsp3) is 0.923. The molecule has 1 heterocycles. The second-order valence-electron chi connectivity index (χ2n) is 6.04. The maximum atomic E-state index is 10.6. The largest absolute Gasteiger partial charge is 0.481 e. The first kappa shape index (κ1) is 14.5. The van der Waals surface area contributed by atoms with Crippen LogP contribution in [0.5, 0.6) is 0 Å². The van der Waals surface area contributed by atoms with E-state index in [2.05, 4.69) is 37.9 Å². The maximum Gasteiger partial charge on any atom is 0.303 e. The highest BCUT2D eigenvalue weighted by Crippen LogP contribution is 2.21. The molecular formula is C13H26N2O2. The molecule has 1 aliphatic heterocycles. The molecule has 0 aliphatic carbocycles. The van der Waals surface area contributed by atoms with Crippen LogP contribution >= 0.6 is 0 Å². The van der Waals surface area contributed by atoms with Gasteiger partial charge >= 0.3 is 5.97 Å². The Morgan fingerprint density at radius 3 is 2.65 bits per heavy atom. The number of nitrogens with zero attached hydrogens (tertiary/aromatic N) is 1. The lowest BCUT2D eigenvalue weighted by molar-refractivity contribution is -0.137. The minimum atomic E-state index is -0.702. The van der Waals surface area contributed by atoms with E-state index in [9.17, 15) is 4.79 Å². The summed E-state index contributed by atoms with van der Waals surface area (Å²) in [5.74, 6) is -0.702. The molecular weight excluding hydrogens is 216 g/mol. The molecule has 0 radical (unpaired) electrons. The molecule has 2 unspecified atom stereocenters. The number of hydrogen-bond acceptors (Lipinski definition) is 3. The summed E-state index contributed by atoms with van der Waals surface area (Å²) in [4.78, 5) is 13.1. The first-order valence-electron chi connectivity index (χ1n) is 6.52. The third-order valence-electron chi connectivity index (χ3n) is 3.51. The Morgan fingerprint density at radius 2 is 2.12 bits per heavy atom. The Labute approximate surface area is 104 Å². The SMILES string of the molecule is CC1CCNC(CCC(=O)O)CN1C(C)(C)C. The normalized spacial score (nSPS) is 27.8. The van der Waals surface area contributed by atoms with Crippen LogP contribution in [-0.2, 0) is 4.79 Å². The molecule has 100 valence electrons. The highest BCUT2D eigenvalue weighted by atomic mass is 16.4. The van der Waals surface area contributed by atoms with Gasteiger partial charge in [-0.25, -0.2) is 0 Å². The number of rotatable bonds is 3. The van der Waals surface area contributed by atoms with E-state index in [4.69, 9.17) is 5.11 Å². The van der Waals surface area contributed by atoms with Crippen LogP contribution in [0.25, 0.3) is 0 Å². The van der Waals surface area contributed by atoms with Crippen molar-refractivity contribution in [2.75, 3.05) is 13.1 Å². The summed E-state index contributed by atoms with van der Waals surface area (Å²) in [6.45, 7) is 10.9. The van der Waals surface area contributed by atoms with E-state index >= 15 is 0 Å². The average molecular weight is 242 g/mol. The molecule has 0 spiro atoms. The lowest BCUT2D eigenvalue weighted by Crippen LogP contribution is -2.50. The maximum absolute atomic E-state index is 10.6. The predicted molar refractivity (Wildman–Crippen MR) is 69.2 cm³/mol. The van der Waals surface area contributed by atoms with Gasteiger partial charge in [-0.3, -0.25) is 9.69 Å². The molecule has 0 saturated carbocycles. The van der Waals surface area contributed by atoms with Crippen LogP contribution in [0.3, 0.4) is 0 Å². The molecule has 0 aromatic heterocycles. The second-order valence-corrected chi connectivity index (χ2v) is 6.04. The number of hydrogen-bond donors (Lipinski definition) is 2. The van der Waals surface area contributed by atoms with E-state index in [1.165, 1.54) is 0 Å². The molecule has 2 N–H and O–H groups in total. The number of aliphatic carboxylic acids is 1. The molecule has 2 atom stereocenters. The average Bonchev–Trinajstić information content (AvgIpc) is 2.36. The second kappa shape index (κ2) is 5.83. The zero-order valence-electron chi connectivity index (χ0n) is 11.5. The van der Waals surface area contributed by atoms with Crippen molar-refractivity contribution in [3.63, 3.8) is 0 Å².